The number of rotatable bonds is 4. The van der Waals surface area contributed by atoms with Gasteiger partial charge >= 0.3 is 0 Å². The predicted octanol–water partition coefficient (Wildman–Crippen LogP) is 4.02. The Morgan fingerprint density at radius 3 is 2.57 bits per heavy atom. The van der Waals surface area contributed by atoms with E-state index >= 15 is 0 Å². The molecule has 1 aromatic rings. The van der Waals surface area contributed by atoms with Gasteiger partial charge in [-0.3, -0.25) is 4.68 Å². The third kappa shape index (κ3) is 4.09. The first-order chi connectivity index (χ1) is 9.79. The van der Waals surface area contributed by atoms with Gasteiger partial charge in [0.1, 0.15) is 0 Å². The number of nitrogens with one attached hydrogen (secondary N) is 1. The van der Waals surface area contributed by atoms with Crippen molar-refractivity contribution in [1.82, 2.24) is 15.1 Å². The van der Waals surface area contributed by atoms with Gasteiger partial charge in [0.2, 0.25) is 0 Å². The van der Waals surface area contributed by atoms with Crippen LogP contribution in [0.2, 0.25) is 0 Å². The zero-order chi connectivity index (χ0) is 15.6. The van der Waals surface area contributed by atoms with Gasteiger partial charge in [0.05, 0.1) is 5.69 Å². The third-order valence-electron chi connectivity index (χ3n) is 4.85. The monoisotopic (exact) mass is 291 g/mol. The lowest BCUT2D eigenvalue weighted by atomic mass is 9.77. The van der Waals surface area contributed by atoms with Crippen LogP contribution in [0.4, 0.5) is 0 Å². The minimum atomic E-state index is 0.113. The first kappa shape index (κ1) is 16.5. The van der Waals surface area contributed by atoms with Gasteiger partial charge in [-0.1, -0.05) is 47.5 Å². The summed E-state index contributed by atoms with van der Waals surface area (Å²) >= 11 is 0. The molecular formula is C18H33N3. The second kappa shape index (κ2) is 6.51. The van der Waals surface area contributed by atoms with E-state index in [9.17, 15) is 0 Å². The molecule has 3 heteroatoms. The number of nitrogens with zero attached hydrogens (tertiary/aromatic N) is 2. The van der Waals surface area contributed by atoms with Crippen molar-refractivity contribution in [1.29, 1.82) is 0 Å². The second-order valence-corrected chi connectivity index (χ2v) is 8.11. The fourth-order valence-electron chi connectivity index (χ4n) is 3.75. The Bertz CT molecular complexity index is 454. The normalized spacial score (nSPS) is 23.8. The van der Waals surface area contributed by atoms with Gasteiger partial charge in [-0.2, -0.15) is 5.10 Å². The Morgan fingerprint density at radius 1 is 1.29 bits per heavy atom. The molecule has 0 amide bonds. The van der Waals surface area contributed by atoms with Gasteiger partial charge in [0, 0.05) is 36.8 Å². The molecular weight excluding hydrogens is 258 g/mol. The minimum Gasteiger partial charge on any atom is -0.310 e. The summed E-state index contributed by atoms with van der Waals surface area (Å²) in [6, 6.07) is 0.673. The van der Waals surface area contributed by atoms with Crippen LogP contribution in [0.5, 0.6) is 0 Å². The molecule has 1 fully saturated rings. The van der Waals surface area contributed by atoms with Crippen LogP contribution in [0.1, 0.15) is 71.6 Å². The second-order valence-electron chi connectivity index (χ2n) is 8.11. The van der Waals surface area contributed by atoms with Gasteiger partial charge in [0.25, 0.3) is 0 Å². The van der Waals surface area contributed by atoms with E-state index in [1.54, 1.807) is 0 Å². The highest BCUT2D eigenvalue weighted by Crippen LogP contribution is 2.31. The highest BCUT2D eigenvalue weighted by molar-refractivity contribution is 5.24. The van der Waals surface area contributed by atoms with E-state index in [1.165, 1.54) is 36.9 Å². The van der Waals surface area contributed by atoms with Crippen molar-refractivity contribution in [2.75, 3.05) is 0 Å². The topological polar surface area (TPSA) is 29.9 Å². The standard InChI is InChI=1S/C18H33N3/c1-13(2)15-9-7-8-10-16(15)19-11-14-12-21(6)20-17(14)18(3,4)5/h12-13,15-16,19H,7-11H2,1-6H3. The Hall–Kier alpha value is -0.830. The largest absolute Gasteiger partial charge is 0.310 e. The molecule has 1 heterocycles. The summed E-state index contributed by atoms with van der Waals surface area (Å²) in [5.74, 6) is 1.60. The zero-order valence-electron chi connectivity index (χ0n) is 14.7. The van der Waals surface area contributed by atoms with Crippen molar-refractivity contribution in [3.63, 3.8) is 0 Å². The summed E-state index contributed by atoms with van der Waals surface area (Å²) in [5.41, 5.74) is 2.70. The maximum Gasteiger partial charge on any atom is 0.0722 e. The molecule has 1 aliphatic rings. The summed E-state index contributed by atoms with van der Waals surface area (Å²) in [7, 11) is 2.02. The van der Waals surface area contributed by atoms with Gasteiger partial charge < -0.3 is 5.32 Å². The lowest BCUT2D eigenvalue weighted by Gasteiger charge is -2.35. The summed E-state index contributed by atoms with van der Waals surface area (Å²) in [4.78, 5) is 0. The van der Waals surface area contributed by atoms with E-state index in [0.717, 1.165) is 18.4 Å². The van der Waals surface area contributed by atoms with E-state index in [0.29, 0.717) is 6.04 Å². The number of hydrogen-bond acceptors (Lipinski definition) is 2. The molecule has 2 unspecified atom stereocenters. The smallest absolute Gasteiger partial charge is 0.0722 e. The lowest BCUT2D eigenvalue weighted by Crippen LogP contribution is -2.40. The van der Waals surface area contributed by atoms with Gasteiger partial charge in [0.15, 0.2) is 0 Å². The van der Waals surface area contributed by atoms with E-state index in [1.807, 2.05) is 11.7 Å². The van der Waals surface area contributed by atoms with Gasteiger partial charge in [-0.25, -0.2) is 0 Å². The van der Waals surface area contributed by atoms with Crippen LogP contribution in [0, 0.1) is 11.8 Å². The molecule has 0 saturated heterocycles. The van der Waals surface area contributed by atoms with Crippen molar-refractivity contribution < 1.29 is 0 Å². The maximum atomic E-state index is 4.68. The zero-order valence-corrected chi connectivity index (χ0v) is 14.7. The van der Waals surface area contributed by atoms with Crippen LogP contribution in [0.25, 0.3) is 0 Å². The van der Waals surface area contributed by atoms with E-state index in [4.69, 9.17) is 0 Å². The molecule has 2 atom stereocenters. The van der Waals surface area contributed by atoms with Gasteiger partial charge in [-0.15, -0.1) is 0 Å². The van der Waals surface area contributed by atoms with Gasteiger partial charge in [-0.05, 0) is 24.7 Å². The first-order valence-electron chi connectivity index (χ1n) is 8.55. The molecule has 0 radical (unpaired) electrons. The molecule has 1 aliphatic carbocycles. The maximum absolute atomic E-state index is 4.68. The van der Waals surface area contributed by atoms with E-state index < -0.39 is 0 Å². The molecule has 1 saturated carbocycles. The van der Waals surface area contributed by atoms with E-state index in [-0.39, 0.29) is 5.41 Å². The Balaban J connectivity index is 2.05. The number of aryl methyl sites for hydroxylation is 1. The molecule has 0 aliphatic heterocycles. The van der Waals surface area contributed by atoms with Crippen LogP contribution in [-0.2, 0) is 19.0 Å². The summed E-state index contributed by atoms with van der Waals surface area (Å²) < 4.78 is 1.96. The fraction of sp³-hybridized carbons (Fsp3) is 0.833. The molecule has 0 aromatic carbocycles. The molecule has 0 spiro atoms. The summed E-state index contributed by atoms with van der Waals surface area (Å²) in [6.07, 6.45) is 7.67. The van der Waals surface area contributed by atoms with Crippen molar-refractivity contribution in [3.05, 3.63) is 17.5 Å². The average Bonchev–Trinajstić information content (AvgIpc) is 2.78. The Kier molecular flexibility index (Phi) is 5.13. The summed E-state index contributed by atoms with van der Waals surface area (Å²) in [5, 5.41) is 8.52. The molecule has 1 aromatic heterocycles. The van der Waals surface area contributed by atoms with Crippen molar-refractivity contribution in [2.24, 2.45) is 18.9 Å². The van der Waals surface area contributed by atoms with Crippen molar-refractivity contribution >= 4 is 0 Å². The Labute approximate surface area is 130 Å². The number of aromatic nitrogens is 2. The quantitative estimate of drug-likeness (QED) is 0.908. The SMILES string of the molecule is CC(C)C1CCCCC1NCc1cn(C)nc1C(C)(C)C. The molecule has 0 bridgehead atoms. The fourth-order valence-corrected chi connectivity index (χ4v) is 3.75. The van der Waals surface area contributed by atoms with Crippen LogP contribution in [0.3, 0.4) is 0 Å². The minimum absolute atomic E-state index is 0.113. The molecule has 1 N–H and O–H groups in total. The molecule has 2 rings (SSSR count). The summed E-state index contributed by atoms with van der Waals surface area (Å²) in [6.45, 7) is 12.4. The Morgan fingerprint density at radius 2 is 1.95 bits per heavy atom. The third-order valence-corrected chi connectivity index (χ3v) is 4.85. The van der Waals surface area contributed by atoms with Crippen LogP contribution in [-0.4, -0.2) is 15.8 Å². The van der Waals surface area contributed by atoms with Crippen LogP contribution >= 0.6 is 0 Å². The number of hydrogen-bond donors (Lipinski definition) is 1. The average molecular weight is 291 g/mol. The van der Waals surface area contributed by atoms with E-state index in [2.05, 4.69) is 51.2 Å². The van der Waals surface area contributed by atoms with Crippen molar-refractivity contribution in [2.45, 2.75) is 78.3 Å². The highest BCUT2D eigenvalue weighted by Gasteiger charge is 2.28. The van der Waals surface area contributed by atoms with Crippen LogP contribution < -0.4 is 5.32 Å². The molecule has 3 nitrogen and oxygen atoms in total. The van der Waals surface area contributed by atoms with Crippen LogP contribution in [0.15, 0.2) is 6.20 Å². The first-order valence-corrected chi connectivity index (χ1v) is 8.55. The highest BCUT2D eigenvalue weighted by atomic mass is 15.3. The lowest BCUT2D eigenvalue weighted by molar-refractivity contribution is 0.204. The molecule has 120 valence electrons. The molecule has 21 heavy (non-hydrogen) atoms. The predicted molar refractivity (Wildman–Crippen MR) is 89.3 cm³/mol. The van der Waals surface area contributed by atoms with Crippen molar-refractivity contribution in [3.8, 4) is 0 Å².